The number of hydrogen-bond acceptors (Lipinski definition) is 2. The Labute approximate surface area is 160 Å². The quantitative estimate of drug-likeness (QED) is 0.541. The average Bonchev–Trinajstić information content (AvgIpc) is 3.16. The summed E-state index contributed by atoms with van der Waals surface area (Å²) in [7, 11) is 0. The predicted molar refractivity (Wildman–Crippen MR) is 103 cm³/mol. The van der Waals surface area contributed by atoms with Gasteiger partial charge in [-0.2, -0.15) is 5.10 Å². The topological polar surface area (TPSA) is 46.9 Å². The maximum atomic E-state index is 13.9. The second kappa shape index (κ2) is 7.44. The average molecular weight is 375 g/mol. The number of para-hydroxylation sites is 2. The third-order valence-electron chi connectivity index (χ3n) is 4.22. The Hall–Kier alpha value is -3.80. The second-order valence-corrected chi connectivity index (χ2v) is 6.11. The summed E-state index contributed by atoms with van der Waals surface area (Å²) in [6.45, 7) is 0. The normalized spacial score (nSPS) is 10.6. The summed E-state index contributed by atoms with van der Waals surface area (Å²) in [5.74, 6) is -1.43. The Morgan fingerprint density at radius 1 is 0.857 bits per heavy atom. The summed E-state index contributed by atoms with van der Waals surface area (Å²) in [6.07, 6.45) is 1.57. The molecule has 4 nitrogen and oxygen atoms in total. The number of nitrogens with zero attached hydrogens (tertiary/aromatic N) is 2. The molecule has 0 aliphatic rings. The second-order valence-electron chi connectivity index (χ2n) is 6.11. The van der Waals surface area contributed by atoms with Crippen LogP contribution < -0.4 is 5.32 Å². The Kier molecular flexibility index (Phi) is 4.68. The molecule has 1 N–H and O–H groups in total. The molecule has 1 heterocycles. The Morgan fingerprint density at radius 3 is 2.25 bits per heavy atom. The van der Waals surface area contributed by atoms with E-state index < -0.39 is 11.7 Å². The summed E-state index contributed by atoms with van der Waals surface area (Å²) in [5.41, 5.74) is 2.03. The van der Waals surface area contributed by atoms with Crippen LogP contribution in [0.25, 0.3) is 16.9 Å². The SMILES string of the molecule is O=C(Nc1ccccc1F)c1cn(-c2ccccc2)nc1-c1ccc(F)cc1. The van der Waals surface area contributed by atoms with Crippen molar-refractivity contribution < 1.29 is 13.6 Å². The van der Waals surface area contributed by atoms with Crippen LogP contribution in [-0.2, 0) is 0 Å². The van der Waals surface area contributed by atoms with Crippen molar-refractivity contribution in [3.8, 4) is 16.9 Å². The van der Waals surface area contributed by atoms with Crippen molar-refractivity contribution in [1.82, 2.24) is 9.78 Å². The van der Waals surface area contributed by atoms with Crippen molar-refractivity contribution in [2.75, 3.05) is 5.32 Å². The third kappa shape index (κ3) is 3.53. The Morgan fingerprint density at radius 2 is 1.54 bits per heavy atom. The summed E-state index contributed by atoms with van der Waals surface area (Å²) >= 11 is 0. The number of halogens is 2. The molecule has 0 saturated carbocycles. The molecule has 0 bridgehead atoms. The van der Waals surface area contributed by atoms with E-state index in [9.17, 15) is 13.6 Å². The zero-order valence-corrected chi connectivity index (χ0v) is 14.6. The van der Waals surface area contributed by atoms with Crippen LogP contribution in [0.15, 0.2) is 85.1 Å². The molecule has 138 valence electrons. The predicted octanol–water partition coefficient (Wildman–Crippen LogP) is 5.07. The highest BCUT2D eigenvalue weighted by Crippen LogP contribution is 2.25. The molecule has 4 aromatic rings. The van der Waals surface area contributed by atoms with Crippen LogP contribution >= 0.6 is 0 Å². The fourth-order valence-corrected chi connectivity index (χ4v) is 2.83. The van der Waals surface area contributed by atoms with Gasteiger partial charge in [-0.05, 0) is 48.5 Å². The number of benzene rings is 3. The van der Waals surface area contributed by atoms with E-state index in [0.717, 1.165) is 5.69 Å². The van der Waals surface area contributed by atoms with Crippen LogP contribution in [-0.4, -0.2) is 15.7 Å². The summed E-state index contributed by atoms with van der Waals surface area (Å²) in [6, 6.07) is 20.9. The maximum Gasteiger partial charge on any atom is 0.259 e. The maximum absolute atomic E-state index is 13.9. The largest absolute Gasteiger partial charge is 0.319 e. The molecule has 0 fully saturated rings. The Bertz CT molecular complexity index is 1120. The van der Waals surface area contributed by atoms with Gasteiger partial charge in [0, 0.05) is 11.8 Å². The van der Waals surface area contributed by atoms with Crippen LogP contribution in [0.5, 0.6) is 0 Å². The lowest BCUT2D eigenvalue weighted by atomic mass is 10.1. The fourth-order valence-electron chi connectivity index (χ4n) is 2.83. The number of carbonyl (C=O) groups excluding carboxylic acids is 1. The molecule has 28 heavy (non-hydrogen) atoms. The van der Waals surface area contributed by atoms with Crippen LogP contribution in [0.2, 0.25) is 0 Å². The number of hydrogen-bond donors (Lipinski definition) is 1. The van der Waals surface area contributed by atoms with E-state index in [0.29, 0.717) is 11.3 Å². The van der Waals surface area contributed by atoms with Gasteiger partial charge in [-0.25, -0.2) is 13.5 Å². The number of carbonyl (C=O) groups is 1. The summed E-state index contributed by atoms with van der Waals surface area (Å²) < 4.78 is 28.8. The molecule has 1 amide bonds. The summed E-state index contributed by atoms with van der Waals surface area (Å²) in [5, 5.41) is 7.08. The van der Waals surface area contributed by atoms with Crippen LogP contribution in [0.3, 0.4) is 0 Å². The van der Waals surface area contributed by atoms with E-state index in [1.807, 2.05) is 30.3 Å². The number of anilines is 1. The number of amides is 1. The molecular formula is C22H15F2N3O. The first-order chi connectivity index (χ1) is 13.6. The fraction of sp³-hybridized carbons (Fsp3) is 0. The van der Waals surface area contributed by atoms with Gasteiger partial charge in [0.05, 0.1) is 16.9 Å². The van der Waals surface area contributed by atoms with E-state index in [1.54, 1.807) is 35.1 Å². The molecule has 1 aromatic heterocycles. The van der Waals surface area contributed by atoms with E-state index in [4.69, 9.17) is 0 Å². The van der Waals surface area contributed by atoms with Gasteiger partial charge in [0.25, 0.3) is 5.91 Å². The van der Waals surface area contributed by atoms with E-state index in [1.165, 1.54) is 24.3 Å². The molecule has 0 saturated heterocycles. The first-order valence-corrected chi connectivity index (χ1v) is 8.59. The highest BCUT2D eigenvalue weighted by molar-refractivity contribution is 6.08. The molecule has 6 heteroatoms. The number of rotatable bonds is 4. The summed E-state index contributed by atoms with van der Waals surface area (Å²) in [4.78, 5) is 12.9. The van der Waals surface area contributed by atoms with E-state index >= 15 is 0 Å². The monoisotopic (exact) mass is 375 g/mol. The van der Waals surface area contributed by atoms with Gasteiger partial charge in [0.1, 0.15) is 17.3 Å². The first-order valence-electron chi connectivity index (χ1n) is 8.59. The minimum Gasteiger partial charge on any atom is -0.319 e. The highest BCUT2D eigenvalue weighted by Gasteiger charge is 2.19. The lowest BCUT2D eigenvalue weighted by Gasteiger charge is -2.06. The van der Waals surface area contributed by atoms with E-state index in [2.05, 4.69) is 10.4 Å². The zero-order valence-electron chi connectivity index (χ0n) is 14.6. The number of nitrogens with one attached hydrogen (secondary N) is 1. The molecule has 4 rings (SSSR count). The molecule has 3 aromatic carbocycles. The molecule has 0 atom stereocenters. The number of aromatic nitrogens is 2. The van der Waals surface area contributed by atoms with Crippen LogP contribution in [0.1, 0.15) is 10.4 Å². The minimum absolute atomic E-state index is 0.0741. The van der Waals surface area contributed by atoms with Crippen LogP contribution in [0.4, 0.5) is 14.5 Å². The minimum atomic E-state index is -0.533. The van der Waals surface area contributed by atoms with Crippen molar-refractivity contribution in [2.45, 2.75) is 0 Å². The molecule has 0 unspecified atom stereocenters. The van der Waals surface area contributed by atoms with E-state index in [-0.39, 0.29) is 17.1 Å². The highest BCUT2D eigenvalue weighted by atomic mass is 19.1. The Balaban J connectivity index is 1.78. The van der Waals surface area contributed by atoms with Crippen molar-refractivity contribution in [1.29, 1.82) is 0 Å². The van der Waals surface area contributed by atoms with Crippen molar-refractivity contribution in [3.63, 3.8) is 0 Å². The zero-order chi connectivity index (χ0) is 19.5. The molecule has 0 radical (unpaired) electrons. The lowest BCUT2D eigenvalue weighted by molar-refractivity contribution is 0.102. The molecule has 0 aliphatic heterocycles. The van der Waals surface area contributed by atoms with Crippen molar-refractivity contribution in [2.24, 2.45) is 0 Å². The molecule has 0 aliphatic carbocycles. The van der Waals surface area contributed by atoms with Gasteiger partial charge in [0.15, 0.2) is 0 Å². The van der Waals surface area contributed by atoms with Crippen molar-refractivity contribution >= 4 is 11.6 Å². The lowest BCUT2D eigenvalue weighted by Crippen LogP contribution is -2.13. The standard InChI is InChI=1S/C22H15F2N3O/c23-16-12-10-15(11-13-16)21-18(14-27(26-21)17-6-2-1-3-7-17)22(28)25-20-9-5-4-8-19(20)24/h1-14H,(H,25,28). The van der Waals surface area contributed by atoms with Crippen LogP contribution in [0, 0.1) is 11.6 Å². The smallest absolute Gasteiger partial charge is 0.259 e. The first kappa shape index (κ1) is 17.6. The van der Waals surface area contributed by atoms with Gasteiger partial charge in [-0.1, -0.05) is 30.3 Å². The van der Waals surface area contributed by atoms with Gasteiger partial charge in [-0.15, -0.1) is 0 Å². The molecular weight excluding hydrogens is 360 g/mol. The van der Waals surface area contributed by atoms with Gasteiger partial charge in [0.2, 0.25) is 0 Å². The van der Waals surface area contributed by atoms with Gasteiger partial charge in [-0.3, -0.25) is 4.79 Å². The van der Waals surface area contributed by atoms with Gasteiger partial charge < -0.3 is 5.32 Å². The molecule has 0 spiro atoms. The third-order valence-corrected chi connectivity index (χ3v) is 4.22. The van der Waals surface area contributed by atoms with Gasteiger partial charge >= 0.3 is 0 Å². The van der Waals surface area contributed by atoms with Crippen molar-refractivity contribution in [3.05, 3.63) is 102 Å².